The number of ether oxygens (including phenoxy) is 1. The molecule has 1 aliphatic heterocycles. The molecule has 1 rings (SSSR count). The molecule has 0 aromatic rings. The van der Waals surface area contributed by atoms with E-state index in [1.807, 2.05) is 6.92 Å². The van der Waals surface area contributed by atoms with E-state index in [0.717, 1.165) is 19.3 Å². The lowest BCUT2D eigenvalue weighted by molar-refractivity contribution is -0.118. The van der Waals surface area contributed by atoms with Crippen molar-refractivity contribution in [2.75, 3.05) is 6.61 Å². The fourth-order valence-electron chi connectivity index (χ4n) is 1.42. The highest BCUT2D eigenvalue weighted by Gasteiger charge is 2.16. The lowest BCUT2D eigenvalue weighted by atomic mass is 10.1. The summed E-state index contributed by atoms with van der Waals surface area (Å²) in [6.07, 6.45) is 4.30. The summed E-state index contributed by atoms with van der Waals surface area (Å²) in [5, 5.41) is 11.4. The average Bonchev–Trinajstić information content (AvgIpc) is 2.29. The van der Waals surface area contributed by atoms with Crippen molar-refractivity contribution in [3.8, 4) is 6.07 Å². The molecule has 15 heavy (non-hydrogen) atoms. The fraction of sp³-hybridized carbons (Fsp3) is 0.636. The Morgan fingerprint density at radius 2 is 2.60 bits per heavy atom. The third-order valence-corrected chi connectivity index (χ3v) is 2.39. The highest BCUT2D eigenvalue weighted by molar-refractivity contribution is 5.93. The summed E-state index contributed by atoms with van der Waals surface area (Å²) in [5.74, 6) is -0.100. The molecule has 0 fully saturated rings. The third kappa shape index (κ3) is 3.62. The van der Waals surface area contributed by atoms with Gasteiger partial charge in [0.25, 0.3) is 5.91 Å². The Kier molecular flexibility index (Phi) is 4.69. The zero-order valence-electron chi connectivity index (χ0n) is 8.95. The number of hydrogen-bond acceptors (Lipinski definition) is 3. The Labute approximate surface area is 89.9 Å². The number of hydrogen-bond donors (Lipinski definition) is 1. The minimum atomic E-state index is -0.100. The van der Waals surface area contributed by atoms with Crippen molar-refractivity contribution < 1.29 is 9.53 Å². The zero-order chi connectivity index (χ0) is 11.1. The maximum Gasteiger partial charge on any atom is 0.250 e. The molecule has 1 heterocycles. The Hall–Kier alpha value is -1.50. The molecule has 0 radical (unpaired) electrons. The molecule has 82 valence electrons. The molecule has 1 N–H and O–H groups in total. The van der Waals surface area contributed by atoms with E-state index in [0.29, 0.717) is 18.6 Å². The molecule has 0 aliphatic carbocycles. The Bertz CT molecular complexity index is 291. The van der Waals surface area contributed by atoms with Crippen LogP contribution in [0.3, 0.4) is 0 Å². The second-order valence-corrected chi connectivity index (χ2v) is 3.56. The summed E-state index contributed by atoms with van der Waals surface area (Å²) in [4.78, 5) is 11.7. The summed E-state index contributed by atoms with van der Waals surface area (Å²) in [6, 6.07) is 2.01. The number of nitriles is 1. The molecule has 0 aromatic carbocycles. The largest absolute Gasteiger partial charge is 0.501 e. The van der Waals surface area contributed by atoms with Crippen molar-refractivity contribution in [2.24, 2.45) is 0 Å². The van der Waals surface area contributed by atoms with Crippen LogP contribution < -0.4 is 5.32 Å². The average molecular weight is 208 g/mol. The van der Waals surface area contributed by atoms with Gasteiger partial charge < -0.3 is 10.1 Å². The predicted octanol–water partition coefficient (Wildman–Crippen LogP) is 1.49. The molecule has 1 unspecified atom stereocenters. The van der Waals surface area contributed by atoms with Gasteiger partial charge in [0.05, 0.1) is 30.9 Å². The predicted molar refractivity (Wildman–Crippen MR) is 55.7 cm³/mol. The quantitative estimate of drug-likeness (QED) is 0.761. The van der Waals surface area contributed by atoms with Gasteiger partial charge in [-0.25, -0.2) is 0 Å². The number of rotatable bonds is 4. The van der Waals surface area contributed by atoms with Crippen LogP contribution in [0.4, 0.5) is 0 Å². The SMILES string of the molecule is CCC(CC#N)NC(=O)C1=COCCC1. The Morgan fingerprint density at radius 3 is 3.13 bits per heavy atom. The highest BCUT2D eigenvalue weighted by atomic mass is 16.5. The highest BCUT2D eigenvalue weighted by Crippen LogP contribution is 2.12. The minimum Gasteiger partial charge on any atom is -0.501 e. The maximum absolute atomic E-state index is 11.7. The van der Waals surface area contributed by atoms with Gasteiger partial charge in [0, 0.05) is 6.04 Å². The fourth-order valence-corrected chi connectivity index (χ4v) is 1.42. The first kappa shape index (κ1) is 11.6. The number of nitrogens with one attached hydrogen (secondary N) is 1. The van der Waals surface area contributed by atoms with E-state index < -0.39 is 0 Å². The second kappa shape index (κ2) is 6.07. The van der Waals surface area contributed by atoms with Crippen molar-refractivity contribution in [3.63, 3.8) is 0 Å². The van der Waals surface area contributed by atoms with Crippen LogP contribution in [-0.2, 0) is 9.53 Å². The van der Waals surface area contributed by atoms with E-state index in [1.165, 1.54) is 6.26 Å². The van der Waals surface area contributed by atoms with Gasteiger partial charge in [0.1, 0.15) is 0 Å². The smallest absolute Gasteiger partial charge is 0.250 e. The summed E-state index contributed by atoms with van der Waals surface area (Å²) >= 11 is 0. The molecule has 0 bridgehead atoms. The summed E-state index contributed by atoms with van der Waals surface area (Å²) < 4.78 is 5.09. The van der Waals surface area contributed by atoms with Gasteiger partial charge in [0.2, 0.25) is 0 Å². The van der Waals surface area contributed by atoms with E-state index in [4.69, 9.17) is 10.00 Å². The molecule has 1 amide bonds. The van der Waals surface area contributed by atoms with Crippen molar-refractivity contribution >= 4 is 5.91 Å². The Balaban J connectivity index is 2.46. The van der Waals surface area contributed by atoms with Crippen LogP contribution in [0.25, 0.3) is 0 Å². The molecule has 0 spiro atoms. The molecule has 0 aromatic heterocycles. The molecule has 0 saturated carbocycles. The molecule has 4 nitrogen and oxygen atoms in total. The molecular weight excluding hydrogens is 192 g/mol. The molecule has 0 saturated heterocycles. The topological polar surface area (TPSA) is 62.1 Å². The van der Waals surface area contributed by atoms with Gasteiger partial charge in [-0.3, -0.25) is 4.79 Å². The summed E-state index contributed by atoms with van der Waals surface area (Å²) in [5.41, 5.74) is 0.678. The van der Waals surface area contributed by atoms with Crippen LogP contribution in [0, 0.1) is 11.3 Å². The maximum atomic E-state index is 11.7. The van der Waals surface area contributed by atoms with E-state index in [-0.39, 0.29) is 11.9 Å². The van der Waals surface area contributed by atoms with E-state index in [9.17, 15) is 4.79 Å². The number of carbonyl (C=O) groups excluding carboxylic acids is 1. The van der Waals surface area contributed by atoms with Gasteiger partial charge >= 0.3 is 0 Å². The van der Waals surface area contributed by atoms with Crippen molar-refractivity contribution in [1.29, 1.82) is 5.26 Å². The molecule has 4 heteroatoms. The van der Waals surface area contributed by atoms with Crippen LogP contribution in [0.1, 0.15) is 32.6 Å². The molecule has 1 aliphatic rings. The molecular formula is C11H16N2O2. The third-order valence-electron chi connectivity index (χ3n) is 2.39. The van der Waals surface area contributed by atoms with Gasteiger partial charge in [0.15, 0.2) is 0 Å². The van der Waals surface area contributed by atoms with Crippen molar-refractivity contribution in [2.45, 2.75) is 38.6 Å². The minimum absolute atomic E-state index is 0.0506. The standard InChI is InChI=1S/C11H16N2O2/c1-2-10(5-6-12)13-11(14)9-4-3-7-15-8-9/h8,10H,2-5,7H2,1H3,(H,13,14). The van der Waals surface area contributed by atoms with Crippen molar-refractivity contribution in [3.05, 3.63) is 11.8 Å². The lowest BCUT2D eigenvalue weighted by Crippen LogP contribution is -2.35. The van der Waals surface area contributed by atoms with Gasteiger partial charge in [-0.1, -0.05) is 6.92 Å². The summed E-state index contributed by atoms with van der Waals surface area (Å²) in [6.45, 7) is 2.64. The van der Waals surface area contributed by atoms with Crippen molar-refractivity contribution in [1.82, 2.24) is 5.32 Å². The first-order valence-electron chi connectivity index (χ1n) is 5.26. The van der Waals surface area contributed by atoms with E-state index >= 15 is 0 Å². The molecule has 1 atom stereocenters. The van der Waals surface area contributed by atoms with Gasteiger partial charge in [-0.2, -0.15) is 5.26 Å². The van der Waals surface area contributed by atoms with Crippen LogP contribution >= 0.6 is 0 Å². The van der Waals surface area contributed by atoms with E-state index in [1.54, 1.807) is 0 Å². The van der Waals surface area contributed by atoms with Crippen LogP contribution in [0.2, 0.25) is 0 Å². The number of nitrogens with zero attached hydrogens (tertiary/aromatic N) is 1. The zero-order valence-corrected chi connectivity index (χ0v) is 8.95. The van der Waals surface area contributed by atoms with Gasteiger partial charge in [-0.05, 0) is 19.3 Å². The van der Waals surface area contributed by atoms with Crippen LogP contribution in [0.15, 0.2) is 11.8 Å². The van der Waals surface area contributed by atoms with E-state index in [2.05, 4.69) is 11.4 Å². The van der Waals surface area contributed by atoms with Crippen LogP contribution in [-0.4, -0.2) is 18.6 Å². The summed E-state index contributed by atoms with van der Waals surface area (Å²) in [7, 11) is 0. The monoisotopic (exact) mass is 208 g/mol. The lowest BCUT2D eigenvalue weighted by Gasteiger charge is -2.17. The van der Waals surface area contributed by atoms with Gasteiger partial charge in [-0.15, -0.1) is 0 Å². The first-order chi connectivity index (χ1) is 7.27. The Morgan fingerprint density at radius 1 is 1.80 bits per heavy atom. The number of carbonyl (C=O) groups is 1. The second-order valence-electron chi connectivity index (χ2n) is 3.56. The number of amides is 1. The normalized spacial score (nSPS) is 16.9. The first-order valence-corrected chi connectivity index (χ1v) is 5.26. The van der Waals surface area contributed by atoms with Crippen LogP contribution in [0.5, 0.6) is 0 Å².